The SMILES string of the molecule is CC(=O)NCC(=O)N1CCC[C@H]1C(=O)N1C[C@H](O)C[C@H]1C(=O)NCC(=O)N1CCC[C@H]1C(=O)N1C[C@H](O)C[C@H]1C(=O)NCC(=O)N1CCC[C@H]1C(=O)N1C[C@H](O)C[C@H]1C(=O)NCC(=O)N1CCC[C@H]1C(=O)N1C[C@H](O)C[C@H]1C(=O)NCC(=O)N1CCC[C@H]1C(=O)N1C[C@H](O)C[C@H]1C(=O)NCC(=O)N1CCC[C@H]1C(=O)N1C[C@H](O)C[C@H]1C(N)=O. The summed E-state index contributed by atoms with van der Waals surface area (Å²) >= 11 is 0. The minimum Gasteiger partial charge on any atom is -0.391 e. The third-order valence-corrected chi connectivity index (χ3v) is 24.9. The van der Waals surface area contributed by atoms with Crippen LogP contribution in [0, 0.1) is 0 Å². The van der Waals surface area contributed by atoms with Gasteiger partial charge in [0.2, 0.25) is 112 Å². The van der Waals surface area contributed by atoms with E-state index in [0.29, 0.717) is 38.5 Å². The Hall–Kier alpha value is -10.3. The summed E-state index contributed by atoms with van der Waals surface area (Å²) in [6, 6.07) is -14.0. The first-order valence-corrected chi connectivity index (χ1v) is 40.8. The second-order valence-corrected chi connectivity index (χ2v) is 32.7. The second kappa shape index (κ2) is 37.3. The molecule has 0 saturated carbocycles. The van der Waals surface area contributed by atoms with Crippen molar-refractivity contribution in [3.05, 3.63) is 0 Å². The van der Waals surface area contributed by atoms with Crippen molar-refractivity contribution in [1.29, 1.82) is 0 Å². The number of aliphatic hydroxyl groups excluding tert-OH is 6. The molecule has 648 valence electrons. The van der Waals surface area contributed by atoms with E-state index in [-0.39, 0.29) is 162 Å². The van der Waals surface area contributed by atoms with Crippen LogP contribution in [0.1, 0.15) is 122 Å². The lowest BCUT2D eigenvalue weighted by molar-refractivity contribution is -0.148. The van der Waals surface area contributed by atoms with E-state index in [9.17, 15) is 122 Å². The van der Waals surface area contributed by atoms with Gasteiger partial charge in [-0.2, -0.15) is 0 Å². The Kier molecular flexibility index (Phi) is 27.5. The molecule has 12 heterocycles. The van der Waals surface area contributed by atoms with Gasteiger partial charge in [0, 0.05) is 124 Å². The number of hydrogen-bond acceptors (Lipinski definition) is 25. The van der Waals surface area contributed by atoms with Crippen LogP contribution in [0.25, 0.3) is 0 Å². The molecule has 118 heavy (non-hydrogen) atoms. The van der Waals surface area contributed by atoms with E-state index in [2.05, 4.69) is 31.9 Å². The zero-order valence-corrected chi connectivity index (χ0v) is 65.7. The summed E-state index contributed by atoms with van der Waals surface area (Å²) in [5, 5.41) is 79.1. The van der Waals surface area contributed by atoms with Gasteiger partial charge in [-0.3, -0.25) is 91.1 Å². The number of aliphatic hydroxyl groups is 6. The van der Waals surface area contributed by atoms with Gasteiger partial charge in [-0.15, -0.1) is 0 Å². The summed E-state index contributed by atoms with van der Waals surface area (Å²) in [6.07, 6.45) is -4.58. The largest absolute Gasteiger partial charge is 0.391 e. The third-order valence-electron chi connectivity index (χ3n) is 24.9. The van der Waals surface area contributed by atoms with Crippen molar-refractivity contribution in [2.75, 3.05) is 118 Å². The van der Waals surface area contributed by atoms with E-state index >= 15 is 0 Å². The highest BCUT2D eigenvalue weighted by atomic mass is 16.3. The molecule has 12 aliphatic rings. The number of β-amino-alcohol motifs (C(OH)–C–C–N with tert-alkyl or cyclic N) is 6. The van der Waals surface area contributed by atoms with Gasteiger partial charge < -0.3 is 127 Å². The number of primary amides is 1. The fourth-order valence-corrected chi connectivity index (χ4v) is 19.1. The number of nitrogens with zero attached hydrogens (tertiary/aromatic N) is 12. The molecule has 0 aromatic rings. The number of likely N-dealkylation sites (tertiary alicyclic amines) is 12. The van der Waals surface area contributed by atoms with Crippen molar-refractivity contribution >= 4 is 112 Å². The number of nitrogens with one attached hydrogen (secondary N) is 6. The van der Waals surface area contributed by atoms with Gasteiger partial charge in [-0.25, -0.2) is 0 Å². The van der Waals surface area contributed by atoms with Crippen LogP contribution >= 0.6 is 0 Å². The Morgan fingerprint density at radius 1 is 0.246 bits per heavy atom. The zero-order chi connectivity index (χ0) is 85.0. The maximum absolute atomic E-state index is 14.4. The highest BCUT2D eigenvalue weighted by molar-refractivity contribution is 6.01. The van der Waals surface area contributed by atoms with E-state index in [1.54, 1.807) is 0 Å². The van der Waals surface area contributed by atoms with Crippen LogP contribution in [0.3, 0.4) is 0 Å². The Balaban J connectivity index is 0.580. The van der Waals surface area contributed by atoms with E-state index in [4.69, 9.17) is 5.73 Å². The first kappa shape index (κ1) is 87.0. The van der Waals surface area contributed by atoms with Crippen LogP contribution < -0.4 is 37.6 Å². The standard InChI is InChI=1S/C74H107N19O25/c1-38(94)76-26-57(101)82-14-3-9-46(82)70(114)89-33-40(96)21-52(89)64(108)78-28-59(103)84-16-5-11-48(84)72(116)91-35-42(98)23-54(91)66(110)80-30-61(105)86-18-7-13-50(86)74(118)93-37-44(100)25-56(93)68(112)81-31-62(106)87-19-6-12-49(87)73(117)92-36-43(99)24-55(92)67(111)79-29-60(104)85-17-4-10-47(85)71(115)90-34-41(97)22-53(90)65(109)77-27-58(102)83-15-2-8-45(83)69(113)88-32-39(95)20-51(88)63(75)107/h39-56,95-100H,2-37H2,1H3,(H2,75,107)(H,76,94)(H,77,109)(H,78,108)(H,79,111)(H,80,110)(H,81,112)/t39-,40-,41-,42-,43-,44-,45+,46+,47+,48+,49+,50+,51+,52+,53+,54+,55+,56+/m1/s1. The first-order chi connectivity index (χ1) is 56.2. The van der Waals surface area contributed by atoms with Crippen molar-refractivity contribution in [1.82, 2.24) is 90.7 Å². The molecule has 14 N–H and O–H groups in total. The average molecular weight is 1660 g/mol. The molecule has 12 fully saturated rings. The molecule has 12 aliphatic heterocycles. The van der Waals surface area contributed by atoms with E-state index in [1.807, 2.05) is 0 Å². The molecule has 0 aliphatic carbocycles. The van der Waals surface area contributed by atoms with Gasteiger partial charge in [0.25, 0.3) is 0 Å². The molecule has 0 radical (unpaired) electrons. The molecule has 0 aromatic heterocycles. The fourth-order valence-electron chi connectivity index (χ4n) is 19.1. The van der Waals surface area contributed by atoms with Crippen LogP contribution in [0.2, 0.25) is 0 Å². The van der Waals surface area contributed by atoms with Gasteiger partial charge in [0.05, 0.1) is 75.9 Å². The molecule has 0 spiro atoms. The van der Waals surface area contributed by atoms with Crippen LogP contribution in [-0.2, 0) is 91.1 Å². The molecular formula is C74H107N19O25. The number of carbonyl (C=O) groups is 19. The summed E-state index contributed by atoms with van der Waals surface area (Å²) in [5.41, 5.74) is 5.49. The summed E-state index contributed by atoms with van der Waals surface area (Å²) in [7, 11) is 0. The summed E-state index contributed by atoms with van der Waals surface area (Å²) < 4.78 is 0. The maximum Gasteiger partial charge on any atom is 0.246 e. The van der Waals surface area contributed by atoms with E-state index < -0.39 is 254 Å². The third kappa shape index (κ3) is 18.9. The van der Waals surface area contributed by atoms with Crippen molar-refractivity contribution in [3.63, 3.8) is 0 Å². The van der Waals surface area contributed by atoms with Gasteiger partial charge in [-0.05, 0) is 77.0 Å². The number of amides is 19. The Labute approximate surface area is 677 Å². The first-order valence-electron chi connectivity index (χ1n) is 40.8. The number of nitrogens with two attached hydrogens (primary N) is 1. The molecule has 0 aromatic carbocycles. The number of carbonyl (C=O) groups excluding carboxylic acids is 19. The molecule has 0 bridgehead atoms. The van der Waals surface area contributed by atoms with E-state index in [1.165, 1.54) is 41.2 Å². The van der Waals surface area contributed by atoms with Crippen molar-refractivity contribution in [3.8, 4) is 0 Å². The lowest BCUT2D eigenvalue weighted by Crippen LogP contribution is -2.57. The summed E-state index contributed by atoms with van der Waals surface area (Å²) in [4.78, 5) is 274. The lowest BCUT2D eigenvalue weighted by atomic mass is 10.1. The highest BCUT2D eigenvalue weighted by Gasteiger charge is 2.53. The monoisotopic (exact) mass is 1660 g/mol. The number of hydrogen-bond donors (Lipinski definition) is 13. The molecule has 44 heteroatoms. The normalized spacial score (nSPS) is 30.7. The minimum atomic E-state index is -1.33. The molecule has 19 amide bonds. The quantitative estimate of drug-likeness (QED) is 0.0427. The molecule has 44 nitrogen and oxygen atoms in total. The topological polar surface area (TPSA) is 583 Å². The predicted octanol–water partition coefficient (Wildman–Crippen LogP) is -12.1. The predicted molar refractivity (Wildman–Crippen MR) is 398 cm³/mol. The molecule has 12 saturated heterocycles. The van der Waals surface area contributed by atoms with Gasteiger partial charge >= 0.3 is 0 Å². The summed E-state index contributed by atoms with van der Waals surface area (Å²) in [6.45, 7) is -3.23. The zero-order valence-electron chi connectivity index (χ0n) is 65.7. The molecule has 18 atom stereocenters. The van der Waals surface area contributed by atoms with Gasteiger partial charge in [0.1, 0.15) is 72.5 Å². The fraction of sp³-hybridized carbons (Fsp3) is 0.743. The Morgan fingerprint density at radius 3 is 0.576 bits per heavy atom. The van der Waals surface area contributed by atoms with Crippen molar-refractivity contribution in [2.24, 2.45) is 5.73 Å². The van der Waals surface area contributed by atoms with Gasteiger partial charge in [0.15, 0.2) is 0 Å². The molecular weight excluding hydrogens is 1550 g/mol. The van der Waals surface area contributed by atoms with Crippen LogP contribution in [0.4, 0.5) is 0 Å². The summed E-state index contributed by atoms with van der Waals surface area (Å²) in [5.74, 6) is -13.2. The minimum absolute atomic E-state index is 0.0460. The van der Waals surface area contributed by atoms with Crippen LogP contribution in [0.5, 0.6) is 0 Å². The Morgan fingerprint density at radius 2 is 0.407 bits per heavy atom. The highest BCUT2D eigenvalue weighted by Crippen LogP contribution is 2.33. The van der Waals surface area contributed by atoms with Crippen LogP contribution in [0.15, 0.2) is 0 Å². The number of rotatable bonds is 24. The van der Waals surface area contributed by atoms with Crippen LogP contribution in [-0.4, -0.2) is 429 Å². The lowest BCUT2D eigenvalue weighted by Gasteiger charge is -2.32. The van der Waals surface area contributed by atoms with Crippen molar-refractivity contribution in [2.45, 2.75) is 232 Å². The second-order valence-electron chi connectivity index (χ2n) is 32.7. The molecule has 12 rings (SSSR count). The Bertz CT molecular complexity index is 3990. The van der Waals surface area contributed by atoms with E-state index in [0.717, 1.165) is 24.5 Å². The average Bonchev–Trinajstić information content (AvgIpc) is 1.64. The van der Waals surface area contributed by atoms with Crippen molar-refractivity contribution < 1.29 is 122 Å². The van der Waals surface area contributed by atoms with Gasteiger partial charge in [-0.1, -0.05) is 0 Å². The smallest absolute Gasteiger partial charge is 0.246 e. The molecule has 0 unspecified atom stereocenters. The maximum atomic E-state index is 14.4.